The fraction of sp³-hybridized carbons (Fsp3) is 0.538. The van der Waals surface area contributed by atoms with Gasteiger partial charge >= 0.3 is 0 Å². The van der Waals surface area contributed by atoms with Crippen LogP contribution in [0.3, 0.4) is 0 Å². The van der Waals surface area contributed by atoms with Crippen molar-refractivity contribution in [3.05, 3.63) is 23.1 Å². The zero-order valence-corrected chi connectivity index (χ0v) is 13.7. The zero-order valence-electron chi connectivity index (χ0n) is 11.9. The maximum absolute atomic E-state index is 6.21. The van der Waals surface area contributed by atoms with E-state index in [1.807, 2.05) is 11.5 Å². The molecule has 0 aliphatic rings. The Kier molecular flexibility index (Phi) is 4.28. The van der Waals surface area contributed by atoms with Crippen molar-refractivity contribution in [2.75, 3.05) is 6.61 Å². The summed E-state index contributed by atoms with van der Waals surface area (Å²) in [5.41, 5.74) is 2.47. The minimum Gasteiger partial charge on any atom is -0.361 e. The fourth-order valence-corrected chi connectivity index (χ4v) is 2.64. The van der Waals surface area contributed by atoms with E-state index >= 15 is 0 Å². The van der Waals surface area contributed by atoms with Crippen LogP contribution in [-0.4, -0.2) is 29.2 Å². The highest BCUT2D eigenvalue weighted by atomic mass is 35.5. The van der Waals surface area contributed by atoms with Gasteiger partial charge in [-0.15, -0.1) is 0 Å². The molecule has 19 heavy (non-hydrogen) atoms. The second kappa shape index (κ2) is 5.61. The fourth-order valence-electron chi connectivity index (χ4n) is 1.70. The largest absolute Gasteiger partial charge is 0.361 e. The first-order valence-electron chi connectivity index (χ1n) is 6.42. The Morgan fingerprint density at radius 3 is 2.74 bits per heavy atom. The van der Waals surface area contributed by atoms with Crippen LogP contribution in [0.2, 0.25) is 30.7 Å². The first-order valence-corrected chi connectivity index (χ1v) is 10.5. The summed E-state index contributed by atoms with van der Waals surface area (Å²) in [5.74, 6) is 0. The molecule has 4 nitrogen and oxygen atoms in total. The van der Waals surface area contributed by atoms with Gasteiger partial charge in [-0.05, 0) is 18.5 Å². The highest BCUT2D eigenvalue weighted by Gasteiger charge is 2.13. The molecule has 2 aromatic heterocycles. The predicted octanol–water partition coefficient (Wildman–Crippen LogP) is 3.71. The molecular formula is C13H20ClN3OSi. The Morgan fingerprint density at radius 2 is 2.05 bits per heavy atom. The molecule has 0 aliphatic carbocycles. The number of halogens is 1. The summed E-state index contributed by atoms with van der Waals surface area (Å²) in [6.45, 7) is 10.2. The summed E-state index contributed by atoms with van der Waals surface area (Å²) < 4.78 is 7.60. The van der Waals surface area contributed by atoms with E-state index in [9.17, 15) is 0 Å². The van der Waals surface area contributed by atoms with Crippen molar-refractivity contribution >= 4 is 30.8 Å². The third-order valence-corrected chi connectivity index (χ3v) is 5.15. The standard InChI is InChI=1S/C13H20ClN3OSi/c1-10-7-15-13-12(11(10)14)16-8-17(13)9-18-5-6-19(2,3)4/h7-8H,5-6,9H2,1-4H3. The number of aromatic nitrogens is 3. The van der Waals surface area contributed by atoms with E-state index in [2.05, 4.69) is 29.6 Å². The van der Waals surface area contributed by atoms with E-state index in [-0.39, 0.29) is 0 Å². The van der Waals surface area contributed by atoms with E-state index in [0.29, 0.717) is 11.8 Å². The number of aryl methyl sites for hydroxylation is 1. The van der Waals surface area contributed by atoms with Gasteiger partial charge in [-0.2, -0.15) is 0 Å². The molecule has 104 valence electrons. The van der Waals surface area contributed by atoms with Gasteiger partial charge in [0.25, 0.3) is 0 Å². The molecule has 2 aromatic rings. The molecule has 6 heteroatoms. The van der Waals surface area contributed by atoms with Gasteiger partial charge in [0, 0.05) is 20.9 Å². The second-order valence-corrected chi connectivity index (χ2v) is 12.0. The summed E-state index contributed by atoms with van der Waals surface area (Å²) in [6.07, 6.45) is 3.50. The van der Waals surface area contributed by atoms with Crippen LogP contribution in [0.25, 0.3) is 11.2 Å². The number of imidazole rings is 1. The summed E-state index contributed by atoms with van der Waals surface area (Å²) in [7, 11) is -1.04. The lowest BCUT2D eigenvalue weighted by molar-refractivity contribution is 0.0895. The summed E-state index contributed by atoms with van der Waals surface area (Å²) in [4.78, 5) is 8.68. The Bertz CT molecular complexity index is 577. The Morgan fingerprint density at radius 1 is 1.32 bits per heavy atom. The van der Waals surface area contributed by atoms with E-state index < -0.39 is 8.07 Å². The van der Waals surface area contributed by atoms with E-state index in [4.69, 9.17) is 16.3 Å². The summed E-state index contributed by atoms with van der Waals surface area (Å²) in [5, 5.41) is 0.672. The van der Waals surface area contributed by atoms with Crippen molar-refractivity contribution in [2.24, 2.45) is 0 Å². The Hall–Kier alpha value is -0.913. The lowest BCUT2D eigenvalue weighted by atomic mass is 10.3. The normalized spacial score (nSPS) is 12.3. The molecule has 0 bridgehead atoms. The van der Waals surface area contributed by atoms with Crippen LogP contribution in [0.1, 0.15) is 5.56 Å². The molecular weight excluding hydrogens is 278 g/mol. The first kappa shape index (κ1) is 14.5. The Balaban J connectivity index is 2.04. The molecule has 0 fully saturated rings. The minimum absolute atomic E-state index is 0.480. The molecule has 0 spiro atoms. The van der Waals surface area contributed by atoms with Gasteiger partial charge in [-0.3, -0.25) is 4.57 Å². The van der Waals surface area contributed by atoms with Crippen molar-refractivity contribution < 1.29 is 4.74 Å². The van der Waals surface area contributed by atoms with Crippen LogP contribution in [0, 0.1) is 6.92 Å². The number of hydrogen-bond donors (Lipinski definition) is 0. The summed E-state index contributed by atoms with van der Waals surface area (Å²) in [6, 6.07) is 1.16. The number of pyridine rings is 1. The Labute approximate surface area is 119 Å². The molecule has 2 rings (SSSR count). The maximum atomic E-state index is 6.21. The van der Waals surface area contributed by atoms with Crippen LogP contribution < -0.4 is 0 Å². The lowest BCUT2D eigenvalue weighted by Gasteiger charge is -2.15. The quantitative estimate of drug-likeness (QED) is 0.624. The van der Waals surface area contributed by atoms with Crippen LogP contribution in [0.4, 0.5) is 0 Å². The molecule has 0 atom stereocenters. The predicted molar refractivity (Wildman–Crippen MR) is 81.4 cm³/mol. The molecule has 0 aliphatic heterocycles. The molecule has 0 aromatic carbocycles. The molecule has 2 heterocycles. The number of nitrogens with zero attached hydrogens (tertiary/aromatic N) is 3. The SMILES string of the molecule is Cc1cnc2c(ncn2COCC[Si](C)(C)C)c1Cl. The smallest absolute Gasteiger partial charge is 0.163 e. The number of fused-ring (bicyclic) bond motifs is 1. The van der Waals surface area contributed by atoms with Gasteiger partial charge in [0.2, 0.25) is 0 Å². The highest BCUT2D eigenvalue weighted by molar-refractivity contribution is 6.76. The van der Waals surface area contributed by atoms with Gasteiger partial charge in [0.1, 0.15) is 12.2 Å². The maximum Gasteiger partial charge on any atom is 0.163 e. The third kappa shape index (κ3) is 3.55. The molecule has 0 amide bonds. The van der Waals surface area contributed by atoms with Crippen molar-refractivity contribution in [2.45, 2.75) is 39.3 Å². The van der Waals surface area contributed by atoms with E-state index in [1.165, 1.54) is 0 Å². The van der Waals surface area contributed by atoms with Crippen LogP contribution in [0.15, 0.2) is 12.5 Å². The number of rotatable bonds is 5. The van der Waals surface area contributed by atoms with Crippen LogP contribution >= 0.6 is 11.6 Å². The van der Waals surface area contributed by atoms with Gasteiger partial charge in [-0.25, -0.2) is 9.97 Å². The minimum atomic E-state index is -1.04. The van der Waals surface area contributed by atoms with E-state index in [0.717, 1.165) is 29.4 Å². The molecule has 0 unspecified atom stereocenters. The van der Waals surface area contributed by atoms with Gasteiger partial charge < -0.3 is 4.74 Å². The molecule has 0 radical (unpaired) electrons. The first-order chi connectivity index (χ1) is 8.88. The van der Waals surface area contributed by atoms with Crippen molar-refractivity contribution in [1.82, 2.24) is 14.5 Å². The molecule has 0 saturated carbocycles. The molecule has 0 N–H and O–H groups in total. The van der Waals surface area contributed by atoms with Gasteiger partial charge in [0.05, 0.1) is 11.3 Å². The van der Waals surface area contributed by atoms with Crippen molar-refractivity contribution in [3.8, 4) is 0 Å². The van der Waals surface area contributed by atoms with Gasteiger partial charge in [0.15, 0.2) is 5.65 Å². The highest BCUT2D eigenvalue weighted by Crippen LogP contribution is 2.23. The molecule has 0 saturated heterocycles. The van der Waals surface area contributed by atoms with Crippen molar-refractivity contribution in [1.29, 1.82) is 0 Å². The third-order valence-electron chi connectivity index (χ3n) is 2.97. The van der Waals surface area contributed by atoms with Crippen LogP contribution in [-0.2, 0) is 11.5 Å². The average molecular weight is 298 g/mol. The second-order valence-electron chi connectivity index (χ2n) is 5.99. The van der Waals surface area contributed by atoms with Gasteiger partial charge in [-0.1, -0.05) is 31.2 Å². The topological polar surface area (TPSA) is 39.9 Å². The lowest BCUT2D eigenvalue weighted by Crippen LogP contribution is -2.22. The van der Waals surface area contributed by atoms with Crippen molar-refractivity contribution in [3.63, 3.8) is 0 Å². The zero-order chi connectivity index (χ0) is 14.0. The van der Waals surface area contributed by atoms with E-state index in [1.54, 1.807) is 12.5 Å². The van der Waals surface area contributed by atoms with Crippen LogP contribution in [0.5, 0.6) is 0 Å². The monoisotopic (exact) mass is 297 g/mol. The average Bonchev–Trinajstić information content (AvgIpc) is 2.72. The summed E-state index contributed by atoms with van der Waals surface area (Å²) >= 11 is 6.21. The number of hydrogen-bond acceptors (Lipinski definition) is 3. The number of ether oxygens (including phenoxy) is 1.